The van der Waals surface area contributed by atoms with E-state index in [0.29, 0.717) is 37.9 Å². The summed E-state index contributed by atoms with van der Waals surface area (Å²) in [6.45, 7) is 21.2. The van der Waals surface area contributed by atoms with Gasteiger partial charge in [0.1, 0.15) is 12.2 Å². The molecule has 44 heavy (non-hydrogen) atoms. The summed E-state index contributed by atoms with van der Waals surface area (Å²) in [4.78, 5) is 12.7. The van der Waals surface area contributed by atoms with Gasteiger partial charge >= 0.3 is 5.97 Å². The molecule has 2 rings (SSSR count). The Balaban J connectivity index is 2.03. The van der Waals surface area contributed by atoms with E-state index >= 15 is 0 Å². The SMILES string of the molecule is CCOC(C)OC(CC)C(C)C1OC1CC(C)/C=C/C=C(\C)C1OC(=O)/C=C\CCC(C)(OC(C)OCC)C(O)/C=C/C1C. The lowest BCUT2D eigenvalue weighted by atomic mass is 9.90. The average Bonchev–Trinajstić information content (AvgIpc) is 3.73. The summed E-state index contributed by atoms with van der Waals surface area (Å²) < 4.78 is 35.3. The Labute approximate surface area is 266 Å². The third-order valence-corrected chi connectivity index (χ3v) is 8.59. The zero-order valence-electron chi connectivity index (χ0n) is 28.9. The van der Waals surface area contributed by atoms with Crippen LogP contribution in [-0.4, -0.2) is 73.0 Å². The van der Waals surface area contributed by atoms with E-state index in [1.54, 1.807) is 12.2 Å². The molecule has 2 aliphatic rings. The topological polar surface area (TPSA) is 96.0 Å². The first-order valence-electron chi connectivity index (χ1n) is 16.6. The lowest BCUT2D eigenvalue weighted by Gasteiger charge is -2.36. The first-order chi connectivity index (χ1) is 20.8. The van der Waals surface area contributed by atoms with Crippen molar-refractivity contribution in [1.29, 1.82) is 0 Å². The monoisotopic (exact) mass is 620 g/mol. The maximum Gasteiger partial charge on any atom is 0.331 e. The molecular weight excluding hydrogens is 560 g/mol. The lowest BCUT2D eigenvalue weighted by Crippen LogP contribution is -2.44. The molecule has 8 nitrogen and oxygen atoms in total. The van der Waals surface area contributed by atoms with E-state index in [1.807, 2.05) is 66.7 Å². The van der Waals surface area contributed by atoms with Crippen molar-refractivity contribution in [2.45, 2.75) is 144 Å². The van der Waals surface area contributed by atoms with Gasteiger partial charge in [0.15, 0.2) is 12.6 Å². The standard InChI is InChI=1S/C36H60O8/c1-11-30(41-28(8)39-12-2)27(7)35-31(42-35)23-24(4)17-16-18-25(5)34-26(6)20-21-32(37)36(10,44-29(9)40-13-3)22-15-14-19-33(38)43-34/h14,16-21,24,26-32,34-35,37H,11-13,15,22-23H2,1-10H3/b17-16+,19-14-,21-20+,25-18+. The van der Waals surface area contributed by atoms with E-state index in [2.05, 4.69) is 26.8 Å². The van der Waals surface area contributed by atoms with Crippen molar-refractivity contribution in [3.63, 3.8) is 0 Å². The number of allylic oxidation sites excluding steroid dienone is 4. The molecule has 0 saturated carbocycles. The summed E-state index contributed by atoms with van der Waals surface area (Å²) in [6.07, 6.45) is 14.5. The molecule has 0 spiro atoms. The Morgan fingerprint density at radius 3 is 2.45 bits per heavy atom. The molecule has 0 bridgehead atoms. The number of rotatable bonds is 16. The fraction of sp³-hybridized carbons (Fsp3) is 0.750. The van der Waals surface area contributed by atoms with Crippen LogP contribution in [0.4, 0.5) is 0 Å². The van der Waals surface area contributed by atoms with Crippen LogP contribution in [0.1, 0.15) is 94.9 Å². The number of hydrogen-bond donors (Lipinski definition) is 1. The predicted molar refractivity (Wildman–Crippen MR) is 174 cm³/mol. The van der Waals surface area contributed by atoms with Gasteiger partial charge in [-0.05, 0) is 78.7 Å². The lowest BCUT2D eigenvalue weighted by molar-refractivity contribution is -0.219. The quantitative estimate of drug-likeness (QED) is 0.0644. The molecule has 0 aromatic rings. The third kappa shape index (κ3) is 12.5. The fourth-order valence-corrected chi connectivity index (χ4v) is 5.91. The summed E-state index contributed by atoms with van der Waals surface area (Å²) in [7, 11) is 0. The zero-order chi connectivity index (χ0) is 32.9. The fourth-order valence-electron chi connectivity index (χ4n) is 5.91. The van der Waals surface area contributed by atoms with Gasteiger partial charge < -0.3 is 33.5 Å². The molecule has 2 heterocycles. The Bertz CT molecular complexity index is 973. The van der Waals surface area contributed by atoms with Gasteiger partial charge in [0.25, 0.3) is 0 Å². The molecule has 0 aromatic heterocycles. The van der Waals surface area contributed by atoms with Crippen LogP contribution in [0.2, 0.25) is 0 Å². The van der Waals surface area contributed by atoms with Gasteiger partial charge in [-0.25, -0.2) is 4.79 Å². The third-order valence-electron chi connectivity index (χ3n) is 8.59. The van der Waals surface area contributed by atoms with E-state index in [1.165, 1.54) is 6.08 Å². The summed E-state index contributed by atoms with van der Waals surface area (Å²) in [6, 6.07) is 0. The van der Waals surface area contributed by atoms with Crippen molar-refractivity contribution in [2.75, 3.05) is 13.2 Å². The van der Waals surface area contributed by atoms with Gasteiger partial charge in [-0.1, -0.05) is 64.2 Å². The van der Waals surface area contributed by atoms with E-state index in [0.717, 1.165) is 18.4 Å². The molecule has 11 atom stereocenters. The van der Waals surface area contributed by atoms with Gasteiger partial charge in [0.2, 0.25) is 0 Å². The molecule has 252 valence electrons. The number of carbonyl (C=O) groups excluding carboxylic acids is 1. The molecule has 0 aliphatic carbocycles. The molecule has 1 fully saturated rings. The highest BCUT2D eigenvalue weighted by molar-refractivity contribution is 5.82. The van der Waals surface area contributed by atoms with Crippen LogP contribution in [0.5, 0.6) is 0 Å². The first kappa shape index (κ1) is 38.4. The molecular formula is C36H60O8. The van der Waals surface area contributed by atoms with E-state index in [-0.39, 0.29) is 36.5 Å². The highest BCUT2D eigenvalue weighted by Crippen LogP contribution is 2.37. The largest absolute Gasteiger partial charge is 0.454 e. The number of aliphatic hydroxyl groups is 1. The van der Waals surface area contributed by atoms with Crippen LogP contribution in [0.25, 0.3) is 0 Å². The van der Waals surface area contributed by atoms with Gasteiger partial charge in [-0.2, -0.15) is 0 Å². The van der Waals surface area contributed by atoms with Crippen LogP contribution in [0.3, 0.4) is 0 Å². The molecule has 2 aliphatic heterocycles. The highest BCUT2D eigenvalue weighted by atomic mass is 16.7. The summed E-state index contributed by atoms with van der Waals surface area (Å²) in [5, 5.41) is 11.1. The smallest absolute Gasteiger partial charge is 0.331 e. The van der Waals surface area contributed by atoms with Gasteiger partial charge in [-0.3, -0.25) is 0 Å². The minimum absolute atomic E-state index is 0.101. The number of hydrogen-bond acceptors (Lipinski definition) is 8. The second kappa shape index (κ2) is 19.0. The molecule has 0 radical (unpaired) electrons. The average molecular weight is 621 g/mol. The predicted octanol–water partition coefficient (Wildman–Crippen LogP) is 7.07. The minimum Gasteiger partial charge on any atom is -0.454 e. The molecule has 0 amide bonds. The Hall–Kier alpha value is -1.81. The van der Waals surface area contributed by atoms with Crippen LogP contribution in [0.15, 0.2) is 48.1 Å². The van der Waals surface area contributed by atoms with Crippen molar-refractivity contribution in [3.05, 3.63) is 48.1 Å². The molecule has 0 aromatic carbocycles. The van der Waals surface area contributed by atoms with Gasteiger partial charge in [0, 0.05) is 31.1 Å². The molecule has 1 N–H and O–H groups in total. The Morgan fingerprint density at radius 2 is 1.80 bits per heavy atom. The Morgan fingerprint density at radius 1 is 1.11 bits per heavy atom. The van der Waals surface area contributed by atoms with Gasteiger partial charge in [-0.15, -0.1) is 0 Å². The number of ether oxygens (including phenoxy) is 6. The number of cyclic esters (lactones) is 1. The van der Waals surface area contributed by atoms with Crippen molar-refractivity contribution in [3.8, 4) is 0 Å². The van der Waals surface area contributed by atoms with Crippen LogP contribution >= 0.6 is 0 Å². The van der Waals surface area contributed by atoms with Crippen LogP contribution < -0.4 is 0 Å². The van der Waals surface area contributed by atoms with Crippen molar-refractivity contribution >= 4 is 5.97 Å². The van der Waals surface area contributed by atoms with E-state index < -0.39 is 24.1 Å². The zero-order valence-corrected chi connectivity index (χ0v) is 28.9. The number of carbonyl (C=O) groups is 1. The van der Waals surface area contributed by atoms with Crippen molar-refractivity contribution in [1.82, 2.24) is 0 Å². The summed E-state index contributed by atoms with van der Waals surface area (Å²) >= 11 is 0. The second-order valence-electron chi connectivity index (χ2n) is 12.6. The molecule has 11 unspecified atom stereocenters. The van der Waals surface area contributed by atoms with Crippen LogP contribution in [-0.2, 0) is 33.2 Å². The number of epoxide rings is 1. The summed E-state index contributed by atoms with van der Waals surface area (Å²) in [5.74, 6) is 0.0541. The Kier molecular flexibility index (Phi) is 16.6. The van der Waals surface area contributed by atoms with Gasteiger partial charge in [0.05, 0.1) is 23.9 Å². The maximum absolute atomic E-state index is 12.7. The normalized spacial score (nSPS) is 33.4. The highest BCUT2D eigenvalue weighted by Gasteiger charge is 2.46. The molecule has 8 heteroatoms. The maximum atomic E-state index is 12.7. The van der Waals surface area contributed by atoms with Crippen molar-refractivity contribution in [2.24, 2.45) is 17.8 Å². The summed E-state index contributed by atoms with van der Waals surface area (Å²) in [5.41, 5.74) is 0.0507. The van der Waals surface area contributed by atoms with Crippen molar-refractivity contribution < 1.29 is 38.3 Å². The molecule has 1 saturated heterocycles. The van der Waals surface area contributed by atoms with Crippen LogP contribution in [0, 0.1) is 17.8 Å². The second-order valence-corrected chi connectivity index (χ2v) is 12.6. The minimum atomic E-state index is -0.869. The number of esters is 1. The number of aliphatic hydroxyl groups excluding tert-OH is 1. The van der Waals surface area contributed by atoms with E-state index in [9.17, 15) is 9.90 Å². The van der Waals surface area contributed by atoms with E-state index in [4.69, 9.17) is 28.4 Å². The first-order valence-corrected chi connectivity index (χ1v) is 16.6.